The van der Waals surface area contributed by atoms with Crippen molar-refractivity contribution in [2.45, 2.75) is 60.1 Å². The second kappa shape index (κ2) is 7.80. The first-order valence-corrected chi connectivity index (χ1v) is 17.2. The zero-order valence-electron chi connectivity index (χ0n) is 16.9. The summed E-state index contributed by atoms with van der Waals surface area (Å²) in [4.78, 5) is 0. The molecule has 6 heteroatoms. The molecule has 0 amide bonds. The Bertz CT molecular complexity index is 547. The van der Waals surface area contributed by atoms with E-state index in [2.05, 4.69) is 71.8 Å². The normalized spacial score (nSPS) is 13.2. The molecule has 0 fully saturated rings. The summed E-state index contributed by atoms with van der Waals surface area (Å²) in [7, 11) is -6.71. The molecule has 0 heterocycles. The minimum atomic E-state index is -2.98. The lowest BCUT2D eigenvalue weighted by Crippen LogP contribution is -2.65. The summed E-state index contributed by atoms with van der Waals surface area (Å²) in [5.41, 5.74) is 3.46. The Morgan fingerprint density at radius 2 is 1.33 bits per heavy atom. The zero-order valence-corrected chi connectivity index (χ0v) is 19.9. The molecule has 24 heavy (non-hydrogen) atoms. The molecule has 0 saturated heterocycles. The molecule has 0 unspecified atom stereocenters. The highest BCUT2D eigenvalue weighted by molar-refractivity contribution is 6.92. The van der Waals surface area contributed by atoms with Crippen LogP contribution in [0.1, 0.15) is 23.6 Å². The van der Waals surface area contributed by atoms with Crippen LogP contribution < -0.4 is 5.19 Å². The Morgan fingerprint density at radius 1 is 0.917 bits per heavy atom. The van der Waals surface area contributed by atoms with Gasteiger partial charge in [0.2, 0.25) is 0 Å². The summed E-state index contributed by atoms with van der Waals surface area (Å²) in [5.74, 6) is 0. The van der Waals surface area contributed by atoms with Crippen molar-refractivity contribution in [2.75, 3.05) is 6.61 Å². The van der Waals surface area contributed by atoms with Crippen molar-refractivity contribution in [3.8, 4) is 0 Å². The van der Waals surface area contributed by atoms with Gasteiger partial charge in [-0.05, 0) is 76.7 Å². The van der Waals surface area contributed by atoms with Crippen molar-refractivity contribution in [3.05, 3.63) is 35.4 Å². The molecule has 1 rings (SSSR count). The fourth-order valence-electron chi connectivity index (χ4n) is 2.85. The SMILES string of the molecule is C=Cc1cc(C)c([Si](OCC)(O[Si](C)(C)C)O[Si](C)(C)C)c(C)c1. The van der Waals surface area contributed by atoms with Crippen LogP contribution in [0.2, 0.25) is 39.3 Å². The first-order chi connectivity index (χ1) is 10.8. The molecule has 0 N–H and O–H groups in total. The molecule has 0 aromatic heterocycles. The second-order valence-corrected chi connectivity index (χ2v) is 20.1. The van der Waals surface area contributed by atoms with Gasteiger partial charge in [0.25, 0.3) is 0 Å². The quantitative estimate of drug-likeness (QED) is 0.603. The highest BCUT2D eigenvalue weighted by Gasteiger charge is 2.51. The second-order valence-electron chi connectivity index (χ2n) is 8.15. The summed E-state index contributed by atoms with van der Waals surface area (Å²) in [5, 5.41) is 1.14. The molecule has 136 valence electrons. The van der Waals surface area contributed by atoms with Crippen LogP contribution >= 0.6 is 0 Å². The average Bonchev–Trinajstić information content (AvgIpc) is 2.33. The lowest BCUT2D eigenvalue weighted by Gasteiger charge is -2.40. The predicted octanol–water partition coefficient (Wildman–Crippen LogP) is 4.83. The van der Waals surface area contributed by atoms with E-state index >= 15 is 0 Å². The molecule has 0 saturated carbocycles. The topological polar surface area (TPSA) is 27.7 Å². The summed E-state index contributed by atoms with van der Waals surface area (Å²) < 4.78 is 19.8. The largest absolute Gasteiger partial charge is 0.516 e. The van der Waals surface area contributed by atoms with E-state index in [1.54, 1.807) is 0 Å². The lowest BCUT2D eigenvalue weighted by molar-refractivity contribution is 0.185. The zero-order chi connectivity index (χ0) is 18.8. The van der Waals surface area contributed by atoms with Gasteiger partial charge in [-0.2, -0.15) is 0 Å². The maximum absolute atomic E-state index is 6.71. The van der Waals surface area contributed by atoms with Gasteiger partial charge < -0.3 is 12.7 Å². The van der Waals surface area contributed by atoms with Crippen molar-refractivity contribution in [3.63, 3.8) is 0 Å². The number of hydrogen-bond acceptors (Lipinski definition) is 3. The maximum Gasteiger partial charge on any atom is 0.516 e. The molecule has 1 aromatic carbocycles. The minimum Gasteiger partial charge on any atom is -0.413 e. The van der Waals surface area contributed by atoms with Gasteiger partial charge in [0.1, 0.15) is 0 Å². The molecular formula is C18H34O3Si3. The number of aryl methyl sites for hydroxylation is 2. The third-order valence-corrected chi connectivity index (χ3v) is 12.4. The van der Waals surface area contributed by atoms with Crippen molar-refractivity contribution in [2.24, 2.45) is 0 Å². The molecule has 0 bridgehead atoms. The van der Waals surface area contributed by atoms with Crippen LogP contribution in [0.25, 0.3) is 6.08 Å². The molecule has 0 aliphatic carbocycles. The molecular weight excluding hydrogens is 348 g/mol. The van der Waals surface area contributed by atoms with Gasteiger partial charge in [0.05, 0.1) is 0 Å². The summed E-state index contributed by atoms with van der Waals surface area (Å²) in [6, 6.07) is 4.30. The van der Waals surface area contributed by atoms with Crippen LogP contribution in [0.3, 0.4) is 0 Å². The number of hydrogen-bond donors (Lipinski definition) is 0. The maximum atomic E-state index is 6.71. The number of benzene rings is 1. The Balaban J connectivity index is 3.64. The Kier molecular flexibility index (Phi) is 7.00. The Hall–Kier alpha value is -0.509. The van der Waals surface area contributed by atoms with Crippen LogP contribution in [-0.4, -0.2) is 32.0 Å². The van der Waals surface area contributed by atoms with Crippen molar-refractivity contribution < 1.29 is 12.7 Å². The molecule has 0 atom stereocenters. The molecule has 0 aliphatic heterocycles. The minimum absolute atomic E-state index is 0.587. The van der Waals surface area contributed by atoms with E-state index in [9.17, 15) is 0 Å². The van der Waals surface area contributed by atoms with Gasteiger partial charge in [-0.15, -0.1) is 0 Å². The van der Waals surface area contributed by atoms with E-state index in [1.807, 2.05) is 13.0 Å². The van der Waals surface area contributed by atoms with E-state index in [-0.39, 0.29) is 0 Å². The third kappa shape index (κ3) is 5.79. The number of rotatable bonds is 8. The summed E-state index contributed by atoms with van der Waals surface area (Å²) >= 11 is 0. The molecule has 3 nitrogen and oxygen atoms in total. The van der Waals surface area contributed by atoms with Crippen LogP contribution in [0.15, 0.2) is 18.7 Å². The van der Waals surface area contributed by atoms with Crippen LogP contribution in [0.5, 0.6) is 0 Å². The fourth-order valence-corrected chi connectivity index (χ4v) is 12.8. The van der Waals surface area contributed by atoms with Crippen LogP contribution in [-0.2, 0) is 12.7 Å². The third-order valence-electron chi connectivity index (χ3n) is 3.31. The highest BCUT2D eigenvalue weighted by atomic mass is 28.5. The first kappa shape index (κ1) is 21.5. The van der Waals surface area contributed by atoms with Gasteiger partial charge in [-0.25, -0.2) is 0 Å². The Morgan fingerprint density at radius 3 is 1.62 bits per heavy atom. The molecule has 0 spiro atoms. The lowest BCUT2D eigenvalue weighted by atomic mass is 10.1. The van der Waals surface area contributed by atoms with Crippen molar-refractivity contribution >= 4 is 36.7 Å². The van der Waals surface area contributed by atoms with E-state index < -0.39 is 25.4 Å². The molecule has 1 aromatic rings. The van der Waals surface area contributed by atoms with E-state index in [0.29, 0.717) is 6.61 Å². The fraction of sp³-hybridized carbons (Fsp3) is 0.556. The van der Waals surface area contributed by atoms with E-state index in [1.165, 1.54) is 11.1 Å². The monoisotopic (exact) mass is 382 g/mol. The van der Waals surface area contributed by atoms with Crippen LogP contribution in [0, 0.1) is 13.8 Å². The van der Waals surface area contributed by atoms with Crippen molar-refractivity contribution in [1.82, 2.24) is 0 Å². The van der Waals surface area contributed by atoms with Gasteiger partial charge >= 0.3 is 8.80 Å². The van der Waals surface area contributed by atoms with Crippen molar-refractivity contribution in [1.29, 1.82) is 0 Å². The smallest absolute Gasteiger partial charge is 0.413 e. The van der Waals surface area contributed by atoms with E-state index in [0.717, 1.165) is 10.8 Å². The summed E-state index contributed by atoms with van der Waals surface area (Å²) in [6.07, 6.45) is 1.88. The highest BCUT2D eigenvalue weighted by Crippen LogP contribution is 2.25. The predicted molar refractivity (Wildman–Crippen MR) is 112 cm³/mol. The molecule has 0 radical (unpaired) electrons. The van der Waals surface area contributed by atoms with Gasteiger partial charge in [-0.1, -0.05) is 24.8 Å². The van der Waals surface area contributed by atoms with Gasteiger partial charge in [0.15, 0.2) is 16.6 Å². The van der Waals surface area contributed by atoms with Gasteiger partial charge in [-0.3, -0.25) is 0 Å². The van der Waals surface area contributed by atoms with E-state index in [4.69, 9.17) is 12.7 Å². The Labute approximate surface area is 151 Å². The average molecular weight is 383 g/mol. The molecule has 0 aliphatic rings. The first-order valence-electron chi connectivity index (χ1n) is 8.62. The summed E-state index contributed by atoms with van der Waals surface area (Å²) in [6.45, 7) is 23.9. The van der Waals surface area contributed by atoms with Gasteiger partial charge in [0, 0.05) is 11.8 Å². The van der Waals surface area contributed by atoms with Crippen LogP contribution in [0.4, 0.5) is 0 Å². The standard InChI is InChI=1S/C18H34O3Si3/c1-11-17-13-15(3)18(16(4)14-17)24(19-12-2,20-22(5,6)7)21-23(8,9)10/h11,13-14H,1,12H2,2-10H3.